The first-order chi connectivity index (χ1) is 7.77. The van der Waals surface area contributed by atoms with Crippen LogP contribution in [-0.4, -0.2) is 29.2 Å². The highest BCUT2D eigenvalue weighted by Crippen LogP contribution is 2.45. The van der Waals surface area contributed by atoms with Gasteiger partial charge in [-0.15, -0.1) is 0 Å². The molecule has 1 saturated carbocycles. The molecule has 0 spiro atoms. The average Bonchev–Trinajstić information content (AvgIpc) is 3.04. The molecule has 16 heavy (non-hydrogen) atoms. The van der Waals surface area contributed by atoms with Crippen molar-refractivity contribution in [3.8, 4) is 0 Å². The first-order valence-electron chi connectivity index (χ1n) is 5.66. The molecule has 82 valence electrons. The summed E-state index contributed by atoms with van der Waals surface area (Å²) in [5, 5.41) is 0. The smallest absolute Gasteiger partial charge is 0.290 e. The molecule has 3 heteroatoms. The van der Waals surface area contributed by atoms with Crippen molar-refractivity contribution in [1.29, 1.82) is 0 Å². The van der Waals surface area contributed by atoms with Crippen molar-refractivity contribution in [2.75, 3.05) is 6.54 Å². The van der Waals surface area contributed by atoms with Crippen LogP contribution in [0.4, 0.5) is 0 Å². The normalized spacial score (nSPS) is 28.6. The number of amides is 1. The zero-order valence-corrected chi connectivity index (χ0v) is 8.93. The van der Waals surface area contributed by atoms with Crippen molar-refractivity contribution in [3.05, 3.63) is 35.9 Å². The van der Waals surface area contributed by atoms with Crippen molar-refractivity contribution in [2.45, 2.75) is 24.8 Å². The minimum Gasteiger partial charge on any atom is -0.332 e. The number of carbonyl (C=O) groups excluding carboxylic acids is 2. The van der Waals surface area contributed by atoms with E-state index in [1.807, 2.05) is 18.2 Å². The summed E-state index contributed by atoms with van der Waals surface area (Å²) in [6.45, 7) is 0.617. The van der Waals surface area contributed by atoms with Gasteiger partial charge in [0.1, 0.15) is 0 Å². The van der Waals surface area contributed by atoms with Crippen LogP contribution in [0, 0.1) is 0 Å². The number of nitrogens with zero attached hydrogens (tertiary/aromatic N) is 1. The number of hydrogen-bond acceptors (Lipinski definition) is 2. The van der Waals surface area contributed by atoms with Crippen LogP contribution < -0.4 is 0 Å². The van der Waals surface area contributed by atoms with Gasteiger partial charge >= 0.3 is 0 Å². The predicted octanol–water partition coefficient (Wildman–Crippen LogP) is 1.34. The van der Waals surface area contributed by atoms with Gasteiger partial charge in [0.25, 0.3) is 5.91 Å². The molecule has 3 nitrogen and oxygen atoms in total. The van der Waals surface area contributed by atoms with Gasteiger partial charge in [-0.1, -0.05) is 30.3 Å². The summed E-state index contributed by atoms with van der Waals surface area (Å²) in [6, 6.07) is 10.5. The Bertz CT molecular complexity index is 441. The van der Waals surface area contributed by atoms with Gasteiger partial charge in [0.15, 0.2) is 0 Å². The minimum atomic E-state index is -0.275. The molecule has 2 fully saturated rings. The lowest BCUT2D eigenvalue weighted by Gasteiger charge is -2.14. The van der Waals surface area contributed by atoms with E-state index in [0.717, 1.165) is 6.42 Å². The van der Waals surface area contributed by atoms with Crippen molar-refractivity contribution >= 4 is 11.7 Å². The molecular formula is C13H13NO2. The summed E-state index contributed by atoms with van der Waals surface area (Å²) in [5.74, 6) is -0.0572. The quantitative estimate of drug-likeness (QED) is 0.698. The second-order valence-corrected chi connectivity index (χ2v) is 4.49. The van der Waals surface area contributed by atoms with Crippen LogP contribution in [0.1, 0.15) is 24.3 Å². The van der Waals surface area contributed by atoms with E-state index in [-0.39, 0.29) is 17.7 Å². The Morgan fingerprint density at radius 1 is 1.12 bits per heavy atom. The fraction of sp³-hybridized carbons (Fsp3) is 0.385. The Labute approximate surface area is 94.1 Å². The van der Waals surface area contributed by atoms with E-state index >= 15 is 0 Å². The molecule has 1 aliphatic heterocycles. The topological polar surface area (TPSA) is 37.4 Å². The fourth-order valence-electron chi connectivity index (χ4n) is 2.49. The number of hydrogen-bond donors (Lipinski definition) is 0. The van der Waals surface area contributed by atoms with Crippen LogP contribution in [-0.2, 0) is 9.59 Å². The van der Waals surface area contributed by atoms with E-state index in [4.69, 9.17) is 0 Å². The SMILES string of the molecule is O=C1CCN(C2CC2c2ccccc2)C1=O. The van der Waals surface area contributed by atoms with Crippen molar-refractivity contribution in [3.63, 3.8) is 0 Å². The molecule has 0 N–H and O–H groups in total. The third-order valence-corrected chi connectivity index (χ3v) is 3.46. The number of ketones is 1. The molecule has 2 atom stereocenters. The van der Waals surface area contributed by atoms with Crippen LogP contribution in [0.25, 0.3) is 0 Å². The predicted molar refractivity (Wildman–Crippen MR) is 58.9 cm³/mol. The fourth-order valence-corrected chi connectivity index (χ4v) is 2.49. The zero-order valence-electron chi connectivity index (χ0n) is 8.93. The van der Waals surface area contributed by atoms with Gasteiger partial charge in [-0.05, 0) is 12.0 Å². The van der Waals surface area contributed by atoms with Crippen LogP contribution in [0.3, 0.4) is 0 Å². The maximum Gasteiger partial charge on any atom is 0.290 e. The van der Waals surface area contributed by atoms with E-state index < -0.39 is 0 Å². The summed E-state index contributed by atoms with van der Waals surface area (Å²) >= 11 is 0. The Balaban J connectivity index is 1.73. The third kappa shape index (κ3) is 1.43. The van der Waals surface area contributed by atoms with Gasteiger partial charge in [-0.3, -0.25) is 9.59 Å². The Morgan fingerprint density at radius 2 is 1.88 bits per heavy atom. The molecule has 1 heterocycles. The van der Waals surface area contributed by atoms with Gasteiger partial charge in [-0.2, -0.15) is 0 Å². The molecule has 0 aromatic heterocycles. The summed E-state index contributed by atoms with van der Waals surface area (Å²) in [6.07, 6.45) is 1.40. The molecule has 1 amide bonds. The number of likely N-dealkylation sites (tertiary alicyclic amines) is 1. The minimum absolute atomic E-state index is 0.223. The number of carbonyl (C=O) groups is 2. The molecule has 0 bridgehead atoms. The van der Waals surface area contributed by atoms with Crippen LogP contribution in [0.2, 0.25) is 0 Å². The molecule has 1 saturated heterocycles. The summed E-state index contributed by atoms with van der Waals surface area (Å²) in [5.41, 5.74) is 1.28. The lowest BCUT2D eigenvalue weighted by Crippen LogP contribution is -2.30. The van der Waals surface area contributed by atoms with Crippen molar-refractivity contribution < 1.29 is 9.59 Å². The van der Waals surface area contributed by atoms with E-state index in [0.29, 0.717) is 18.9 Å². The van der Waals surface area contributed by atoms with Gasteiger partial charge in [0.05, 0.1) is 0 Å². The highest BCUT2D eigenvalue weighted by atomic mass is 16.2. The molecule has 1 aromatic carbocycles. The van der Waals surface area contributed by atoms with Crippen LogP contribution in [0.5, 0.6) is 0 Å². The van der Waals surface area contributed by atoms with Crippen molar-refractivity contribution in [1.82, 2.24) is 4.90 Å². The average molecular weight is 215 g/mol. The zero-order chi connectivity index (χ0) is 11.1. The molecule has 3 rings (SSSR count). The van der Waals surface area contributed by atoms with Crippen LogP contribution >= 0.6 is 0 Å². The highest BCUT2D eigenvalue weighted by molar-refractivity contribution is 6.38. The summed E-state index contributed by atoms with van der Waals surface area (Å²) in [4.78, 5) is 24.5. The van der Waals surface area contributed by atoms with Gasteiger partial charge in [0, 0.05) is 24.9 Å². The molecule has 2 unspecified atom stereocenters. The molecule has 0 radical (unpaired) electrons. The highest BCUT2D eigenvalue weighted by Gasteiger charge is 2.47. The molecule has 1 aromatic rings. The first-order valence-corrected chi connectivity index (χ1v) is 5.66. The second-order valence-electron chi connectivity index (χ2n) is 4.49. The van der Waals surface area contributed by atoms with Gasteiger partial charge in [-0.25, -0.2) is 0 Å². The van der Waals surface area contributed by atoms with Gasteiger partial charge in [0.2, 0.25) is 5.78 Å². The number of rotatable bonds is 2. The molecular weight excluding hydrogens is 202 g/mol. The molecule has 2 aliphatic rings. The van der Waals surface area contributed by atoms with Crippen LogP contribution in [0.15, 0.2) is 30.3 Å². The first kappa shape index (κ1) is 9.58. The maximum absolute atomic E-state index is 11.5. The lowest BCUT2D eigenvalue weighted by molar-refractivity contribution is -0.140. The Morgan fingerprint density at radius 3 is 2.50 bits per heavy atom. The third-order valence-electron chi connectivity index (χ3n) is 3.46. The van der Waals surface area contributed by atoms with Gasteiger partial charge < -0.3 is 4.90 Å². The maximum atomic E-state index is 11.5. The number of Topliss-reactive ketones (excluding diaryl/α,β-unsaturated/α-hetero) is 1. The second kappa shape index (κ2) is 3.44. The van der Waals surface area contributed by atoms with E-state index in [1.54, 1.807) is 4.90 Å². The largest absolute Gasteiger partial charge is 0.332 e. The summed E-state index contributed by atoms with van der Waals surface area (Å²) < 4.78 is 0. The summed E-state index contributed by atoms with van der Waals surface area (Å²) in [7, 11) is 0. The monoisotopic (exact) mass is 215 g/mol. The Hall–Kier alpha value is -1.64. The standard InChI is InChI=1S/C13H13NO2/c15-12-6-7-14(13(12)16)11-8-10(11)9-4-2-1-3-5-9/h1-5,10-11H,6-8H2. The number of benzene rings is 1. The van der Waals surface area contributed by atoms with Crippen molar-refractivity contribution in [2.24, 2.45) is 0 Å². The van der Waals surface area contributed by atoms with E-state index in [1.165, 1.54) is 5.56 Å². The Kier molecular flexibility index (Phi) is 2.06. The lowest BCUT2D eigenvalue weighted by atomic mass is 10.1. The van der Waals surface area contributed by atoms with E-state index in [9.17, 15) is 9.59 Å². The van der Waals surface area contributed by atoms with E-state index in [2.05, 4.69) is 12.1 Å². The molecule has 1 aliphatic carbocycles.